The van der Waals surface area contributed by atoms with Crippen LogP contribution < -0.4 is 4.52 Å². The van der Waals surface area contributed by atoms with E-state index in [1.54, 1.807) is 19.1 Å². The molecule has 0 aromatic heterocycles. The highest BCUT2D eigenvalue weighted by Gasteiger charge is 2.15. The molecule has 1 heterocycles. The van der Waals surface area contributed by atoms with Crippen molar-refractivity contribution >= 4 is 13.6 Å². The Hall–Kier alpha value is -2.14. The lowest BCUT2D eigenvalue weighted by Gasteiger charge is -2.20. The average Bonchev–Trinajstić information content (AvgIpc) is 2.60. The SMILES string of the molecule is C=CC1=CCN(CC(C)=O)C=C1.CCCCc1ccc(OP(=O)(O)O)cc1. The smallest absolute Gasteiger partial charge is 0.404 e. The highest BCUT2D eigenvalue weighted by atomic mass is 31.2. The molecule has 0 bridgehead atoms. The van der Waals surface area contributed by atoms with E-state index < -0.39 is 7.82 Å². The molecule has 0 radical (unpaired) electrons. The maximum absolute atomic E-state index is 10.7. The largest absolute Gasteiger partial charge is 0.524 e. The molecule has 0 unspecified atom stereocenters. The van der Waals surface area contributed by atoms with Crippen LogP contribution in [0, 0.1) is 0 Å². The zero-order valence-electron chi connectivity index (χ0n) is 15.9. The van der Waals surface area contributed by atoms with Gasteiger partial charge in [0.15, 0.2) is 0 Å². The minimum atomic E-state index is -4.42. The maximum atomic E-state index is 10.7. The van der Waals surface area contributed by atoms with Gasteiger partial charge in [-0.2, -0.15) is 0 Å². The van der Waals surface area contributed by atoms with Crippen LogP contribution in [0.2, 0.25) is 0 Å². The highest BCUT2D eigenvalue weighted by Crippen LogP contribution is 2.37. The maximum Gasteiger partial charge on any atom is 0.524 e. The number of unbranched alkanes of at least 4 members (excludes halogenated alkanes) is 1. The van der Waals surface area contributed by atoms with E-state index in [2.05, 4.69) is 24.1 Å². The van der Waals surface area contributed by atoms with Crippen LogP contribution in [0.3, 0.4) is 0 Å². The minimum Gasteiger partial charge on any atom is -0.404 e. The lowest BCUT2D eigenvalue weighted by molar-refractivity contribution is -0.117. The first-order chi connectivity index (χ1) is 12.7. The van der Waals surface area contributed by atoms with E-state index in [4.69, 9.17) is 9.79 Å². The zero-order chi connectivity index (χ0) is 20.3. The molecule has 7 heteroatoms. The number of nitrogens with zero attached hydrogens (tertiary/aromatic N) is 1. The number of carbonyl (C=O) groups is 1. The van der Waals surface area contributed by atoms with Crippen molar-refractivity contribution in [3.05, 3.63) is 66.4 Å². The van der Waals surface area contributed by atoms with E-state index in [-0.39, 0.29) is 11.5 Å². The number of rotatable bonds is 8. The normalized spacial score (nSPS) is 13.3. The third kappa shape index (κ3) is 10.6. The standard InChI is InChI=1S/C10H13NO.C10H15O4P/c1-3-10-4-6-11(7-5-10)8-9(2)12;1-2-3-4-9-5-7-10(8-6-9)14-15(11,12)13/h3-6H,1,7-8H2,2H3;5-8H,2-4H2,1H3,(H2,11,12,13). The van der Waals surface area contributed by atoms with Crippen molar-refractivity contribution < 1.29 is 23.7 Å². The average molecular weight is 393 g/mol. The number of hydrogen-bond donors (Lipinski definition) is 2. The van der Waals surface area contributed by atoms with Crippen molar-refractivity contribution in [2.24, 2.45) is 0 Å². The van der Waals surface area contributed by atoms with Gasteiger partial charge in [0.25, 0.3) is 0 Å². The van der Waals surface area contributed by atoms with E-state index in [0.29, 0.717) is 6.54 Å². The van der Waals surface area contributed by atoms with E-state index in [1.165, 1.54) is 0 Å². The molecule has 1 aliphatic rings. The molecule has 2 rings (SSSR count). The molecule has 0 aliphatic carbocycles. The fraction of sp³-hybridized carbons (Fsp3) is 0.350. The second kappa shape index (κ2) is 11.5. The lowest BCUT2D eigenvalue weighted by Crippen LogP contribution is -2.25. The van der Waals surface area contributed by atoms with E-state index >= 15 is 0 Å². The first-order valence-corrected chi connectivity index (χ1v) is 10.3. The van der Waals surface area contributed by atoms with Gasteiger partial charge in [-0.1, -0.05) is 44.2 Å². The molecule has 0 amide bonds. The van der Waals surface area contributed by atoms with Gasteiger partial charge in [-0.25, -0.2) is 4.57 Å². The molecule has 6 nitrogen and oxygen atoms in total. The topological polar surface area (TPSA) is 87.1 Å². The van der Waals surface area contributed by atoms with Gasteiger partial charge < -0.3 is 9.42 Å². The van der Waals surface area contributed by atoms with Crippen molar-refractivity contribution in [2.75, 3.05) is 13.1 Å². The summed E-state index contributed by atoms with van der Waals surface area (Å²) < 4.78 is 15.0. The number of aryl methyl sites for hydroxylation is 1. The van der Waals surface area contributed by atoms with Crippen LogP contribution in [-0.2, 0) is 15.8 Å². The van der Waals surface area contributed by atoms with Crippen LogP contribution in [0.15, 0.2) is 60.8 Å². The Bertz CT molecular complexity index is 718. The summed E-state index contributed by atoms with van der Waals surface area (Å²) in [4.78, 5) is 29.9. The second-order valence-electron chi connectivity index (χ2n) is 6.18. The van der Waals surface area contributed by atoms with Crippen molar-refractivity contribution in [3.63, 3.8) is 0 Å². The van der Waals surface area contributed by atoms with E-state index in [0.717, 1.165) is 36.9 Å². The van der Waals surface area contributed by atoms with Crippen LogP contribution in [0.4, 0.5) is 0 Å². The van der Waals surface area contributed by atoms with Crippen LogP contribution in [0.1, 0.15) is 32.3 Å². The summed E-state index contributed by atoms with van der Waals surface area (Å²) in [6.45, 7) is 8.68. The van der Waals surface area contributed by atoms with Crippen LogP contribution in [0.5, 0.6) is 5.75 Å². The molecule has 1 aromatic carbocycles. The second-order valence-corrected chi connectivity index (χ2v) is 7.35. The summed E-state index contributed by atoms with van der Waals surface area (Å²) in [5, 5.41) is 0. The molecule has 0 saturated carbocycles. The Kier molecular flexibility index (Phi) is 9.79. The summed E-state index contributed by atoms with van der Waals surface area (Å²) >= 11 is 0. The molecule has 2 N–H and O–H groups in total. The van der Waals surface area contributed by atoms with Gasteiger partial charge in [-0.15, -0.1) is 0 Å². The Balaban J connectivity index is 0.000000277. The minimum absolute atomic E-state index is 0.190. The van der Waals surface area contributed by atoms with Gasteiger partial charge in [0.1, 0.15) is 11.5 Å². The first kappa shape index (κ1) is 22.9. The monoisotopic (exact) mass is 393 g/mol. The van der Waals surface area contributed by atoms with E-state index in [1.807, 2.05) is 35.4 Å². The Morgan fingerprint density at radius 2 is 2.00 bits per heavy atom. The Morgan fingerprint density at radius 3 is 2.44 bits per heavy atom. The van der Waals surface area contributed by atoms with Crippen LogP contribution in [-0.4, -0.2) is 33.6 Å². The molecule has 27 heavy (non-hydrogen) atoms. The number of allylic oxidation sites excluding steroid dienone is 3. The number of benzene rings is 1. The molecule has 0 spiro atoms. The molecule has 0 saturated heterocycles. The molecule has 1 aliphatic heterocycles. The van der Waals surface area contributed by atoms with Gasteiger partial charge >= 0.3 is 7.82 Å². The number of Topliss-reactive ketones (excluding diaryl/α,β-unsaturated/α-hetero) is 1. The van der Waals surface area contributed by atoms with Gasteiger partial charge in [0.05, 0.1) is 6.54 Å². The molecule has 0 atom stereocenters. The van der Waals surface area contributed by atoms with Gasteiger partial charge in [-0.05, 0) is 49.1 Å². The number of carbonyl (C=O) groups excluding carboxylic acids is 1. The van der Waals surface area contributed by atoms with Crippen molar-refractivity contribution in [2.45, 2.75) is 33.1 Å². The zero-order valence-corrected chi connectivity index (χ0v) is 16.8. The lowest BCUT2D eigenvalue weighted by atomic mass is 10.1. The van der Waals surface area contributed by atoms with Crippen LogP contribution in [0.25, 0.3) is 0 Å². The van der Waals surface area contributed by atoms with Gasteiger partial charge in [0, 0.05) is 12.7 Å². The third-order valence-corrected chi connectivity index (χ3v) is 4.12. The molecule has 148 valence electrons. The fourth-order valence-corrected chi connectivity index (χ4v) is 2.73. The van der Waals surface area contributed by atoms with Crippen molar-refractivity contribution in [1.82, 2.24) is 4.90 Å². The number of ketones is 1. The fourth-order valence-electron chi connectivity index (χ4n) is 2.33. The quantitative estimate of drug-likeness (QED) is 0.649. The van der Waals surface area contributed by atoms with Gasteiger partial charge in [0.2, 0.25) is 0 Å². The highest BCUT2D eigenvalue weighted by molar-refractivity contribution is 7.46. The summed E-state index contributed by atoms with van der Waals surface area (Å²) in [5.41, 5.74) is 2.27. The Labute approximate surface area is 161 Å². The molecule has 1 aromatic rings. The number of phosphoric acid groups is 1. The van der Waals surface area contributed by atoms with Crippen molar-refractivity contribution in [3.8, 4) is 5.75 Å². The van der Waals surface area contributed by atoms with Crippen LogP contribution >= 0.6 is 7.82 Å². The number of phosphoric ester groups is 1. The first-order valence-electron chi connectivity index (χ1n) is 8.82. The van der Waals surface area contributed by atoms with E-state index in [9.17, 15) is 9.36 Å². The summed E-state index contributed by atoms with van der Waals surface area (Å²) in [6, 6.07) is 6.79. The summed E-state index contributed by atoms with van der Waals surface area (Å²) in [6.07, 6.45) is 11.0. The Morgan fingerprint density at radius 1 is 1.33 bits per heavy atom. The summed E-state index contributed by atoms with van der Waals surface area (Å²) in [5.74, 6) is 0.388. The predicted molar refractivity (Wildman–Crippen MR) is 107 cm³/mol. The summed E-state index contributed by atoms with van der Waals surface area (Å²) in [7, 11) is -4.42. The number of hydrogen-bond acceptors (Lipinski definition) is 4. The third-order valence-electron chi connectivity index (χ3n) is 3.67. The van der Waals surface area contributed by atoms with Crippen molar-refractivity contribution in [1.29, 1.82) is 0 Å². The molecular formula is C20H28NO5P. The molecular weight excluding hydrogens is 365 g/mol. The van der Waals surface area contributed by atoms with Gasteiger partial charge in [-0.3, -0.25) is 14.6 Å². The molecule has 0 fully saturated rings. The predicted octanol–water partition coefficient (Wildman–Crippen LogP) is 4.02.